The van der Waals surface area contributed by atoms with Gasteiger partial charge in [-0.3, -0.25) is 0 Å². The van der Waals surface area contributed by atoms with Gasteiger partial charge in [0, 0.05) is 64.6 Å². The van der Waals surface area contributed by atoms with E-state index in [9.17, 15) is 0 Å². The lowest BCUT2D eigenvalue weighted by Gasteiger charge is -2.31. The van der Waals surface area contributed by atoms with Crippen LogP contribution in [0, 0.1) is 0 Å². The number of anilines is 3. The van der Waals surface area contributed by atoms with E-state index in [4.69, 9.17) is 8.83 Å². The number of fused-ring (bicyclic) bond motifs is 10. The van der Waals surface area contributed by atoms with Gasteiger partial charge in [0.2, 0.25) is 0 Å². The third kappa shape index (κ3) is 5.44. The maximum Gasteiger partial charge on any atom is 0.137 e. The lowest BCUT2D eigenvalue weighted by Crippen LogP contribution is -2.13. The van der Waals surface area contributed by atoms with E-state index in [0.717, 1.165) is 83.2 Å². The predicted octanol–water partition coefficient (Wildman–Crippen LogP) is 17.5. The SMILES string of the molecule is c1ccc(N(c2ccc3c(c2)oc2ccccc23)c2cccc(-c3cccc4sc5ccccc5c34)c2-c2ccc3ccccc3c2)c(-c2ccc3c(c2)oc2ccccc23)c1. The molecule has 0 N–H and O–H groups in total. The van der Waals surface area contributed by atoms with Crippen LogP contribution in [0.1, 0.15) is 0 Å². The summed E-state index contributed by atoms with van der Waals surface area (Å²) >= 11 is 1.85. The van der Waals surface area contributed by atoms with Crippen molar-refractivity contribution in [3.63, 3.8) is 0 Å². The molecule has 0 bridgehead atoms. The molecule has 0 aliphatic carbocycles. The van der Waals surface area contributed by atoms with Crippen molar-refractivity contribution in [2.45, 2.75) is 0 Å². The molecule has 0 amide bonds. The largest absolute Gasteiger partial charge is 0.456 e. The van der Waals surface area contributed by atoms with E-state index in [1.807, 2.05) is 35.6 Å². The first-order valence-corrected chi connectivity index (χ1v) is 21.8. The first-order valence-electron chi connectivity index (χ1n) is 21.0. The third-order valence-corrected chi connectivity index (χ3v) is 13.6. The fourth-order valence-electron chi connectivity index (χ4n) is 9.67. The molecule has 0 unspecified atom stereocenters. The second kappa shape index (κ2) is 13.8. The van der Waals surface area contributed by atoms with Gasteiger partial charge < -0.3 is 13.7 Å². The minimum absolute atomic E-state index is 0.841. The smallest absolute Gasteiger partial charge is 0.137 e. The van der Waals surface area contributed by atoms with Crippen LogP contribution < -0.4 is 4.90 Å². The van der Waals surface area contributed by atoms with Crippen LogP contribution in [-0.2, 0) is 0 Å². The van der Waals surface area contributed by atoms with E-state index in [1.54, 1.807) is 0 Å². The fourth-order valence-corrected chi connectivity index (χ4v) is 10.8. The van der Waals surface area contributed by atoms with Gasteiger partial charge in [0.25, 0.3) is 0 Å². The van der Waals surface area contributed by atoms with Gasteiger partial charge in [-0.25, -0.2) is 0 Å². The highest BCUT2D eigenvalue weighted by Crippen LogP contribution is 2.51. The summed E-state index contributed by atoms with van der Waals surface area (Å²) in [4.78, 5) is 2.44. The molecule has 0 radical (unpaired) electrons. The molecule has 0 aliphatic rings. The van der Waals surface area contributed by atoms with Crippen molar-refractivity contribution in [2.75, 3.05) is 4.90 Å². The summed E-state index contributed by atoms with van der Waals surface area (Å²) in [6, 6.07) is 76.5. The number of nitrogens with zero attached hydrogens (tertiary/aromatic N) is 1. The maximum atomic E-state index is 6.61. The maximum absolute atomic E-state index is 6.61. The number of thiophene rings is 1. The fraction of sp³-hybridized carbons (Fsp3) is 0. The molecule has 4 heteroatoms. The average molecular weight is 810 g/mol. The Morgan fingerprint density at radius 1 is 0.339 bits per heavy atom. The van der Waals surface area contributed by atoms with Crippen LogP contribution in [0.4, 0.5) is 17.1 Å². The predicted molar refractivity (Wildman–Crippen MR) is 262 cm³/mol. The first-order chi connectivity index (χ1) is 30.7. The molecule has 62 heavy (non-hydrogen) atoms. The first kappa shape index (κ1) is 34.9. The van der Waals surface area contributed by atoms with Crippen molar-refractivity contribution in [2.24, 2.45) is 0 Å². The highest BCUT2D eigenvalue weighted by Gasteiger charge is 2.25. The number of furan rings is 2. The van der Waals surface area contributed by atoms with E-state index in [1.165, 1.54) is 42.1 Å². The van der Waals surface area contributed by atoms with Crippen molar-refractivity contribution in [1.29, 1.82) is 0 Å². The highest BCUT2D eigenvalue weighted by atomic mass is 32.1. The number of hydrogen-bond acceptors (Lipinski definition) is 4. The van der Waals surface area contributed by atoms with Crippen LogP contribution in [-0.4, -0.2) is 0 Å². The third-order valence-electron chi connectivity index (χ3n) is 12.5. The van der Waals surface area contributed by atoms with Crippen molar-refractivity contribution in [3.05, 3.63) is 212 Å². The summed E-state index contributed by atoms with van der Waals surface area (Å²) in [6.07, 6.45) is 0. The molecule has 0 saturated carbocycles. The number of para-hydroxylation sites is 3. The van der Waals surface area contributed by atoms with E-state index < -0.39 is 0 Å². The average Bonchev–Trinajstić information content (AvgIpc) is 4.02. The second-order valence-corrected chi connectivity index (χ2v) is 17.1. The van der Waals surface area contributed by atoms with Crippen LogP contribution in [0.2, 0.25) is 0 Å². The molecule has 0 aliphatic heterocycles. The van der Waals surface area contributed by atoms with Crippen LogP contribution in [0.5, 0.6) is 0 Å². The Hall–Kier alpha value is -7.92. The topological polar surface area (TPSA) is 29.5 Å². The van der Waals surface area contributed by atoms with Crippen LogP contribution in [0.3, 0.4) is 0 Å². The zero-order valence-electron chi connectivity index (χ0n) is 33.4. The molecular formula is C58H35NO2S. The molecule has 290 valence electrons. The quantitative estimate of drug-likeness (QED) is 0.168. The second-order valence-electron chi connectivity index (χ2n) is 16.0. The Labute approximate surface area is 360 Å². The van der Waals surface area contributed by atoms with Crippen molar-refractivity contribution in [1.82, 2.24) is 0 Å². The molecule has 3 heterocycles. The molecule has 3 nitrogen and oxygen atoms in total. The van der Waals surface area contributed by atoms with Crippen molar-refractivity contribution < 1.29 is 8.83 Å². The standard InChI is InChI=1S/C58H35NO2S/c1-2-14-37-33-39(28-27-36(37)13-1)57-46(47-20-12-26-56-58(47)48-18-6-10-25-55(48)62-56)19-11-22-50(57)59(40-30-32-45-43-17-5-9-24-52(43)61-54(45)35-40)49-21-7-3-15-41(49)38-29-31-44-42-16-4-8-23-51(42)60-53(44)34-38/h1-35H. The van der Waals surface area contributed by atoms with Gasteiger partial charge in [-0.05, 0) is 99.8 Å². The lowest BCUT2D eigenvalue weighted by molar-refractivity contribution is 0.668. The summed E-state index contributed by atoms with van der Waals surface area (Å²) in [7, 11) is 0. The molecule has 0 atom stereocenters. The summed E-state index contributed by atoms with van der Waals surface area (Å²) in [5.41, 5.74) is 13.4. The molecule has 3 aromatic heterocycles. The number of rotatable bonds is 6. The van der Waals surface area contributed by atoms with Crippen molar-refractivity contribution in [3.8, 4) is 33.4 Å². The van der Waals surface area contributed by atoms with E-state index >= 15 is 0 Å². The number of benzene rings is 10. The lowest BCUT2D eigenvalue weighted by atomic mass is 9.89. The summed E-state index contributed by atoms with van der Waals surface area (Å²) in [5, 5.41) is 9.38. The summed E-state index contributed by atoms with van der Waals surface area (Å²) in [6.45, 7) is 0. The monoisotopic (exact) mass is 809 g/mol. The number of hydrogen-bond donors (Lipinski definition) is 0. The van der Waals surface area contributed by atoms with Gasteiger partial charge in [-0.1, -0.05) is 140 Å². The molecule has 13 rings (SSSR count). The van der Waals surface area contributed by atoms with Crippen molar-refractivity contribution >= 4 is 103 Å². The van der Waals surface area contributed by atoms with E-state index in [0.29, 0.717) is 0 Å². The van der Waals surface area contributed by atoms with E-state index in [-0.39, 0.29) is 0 Å². The van der Waals surface area contributed by atoms with Crippen LogP contribution in [0.25, 0.3) is 108 Å². The molecule has 0 fully saturated rings. The minimum Gasteiger partial charge on any atom is -0.456 e. The molecule has 13 aromatic rings. The van der Waals surface area contributed by atoms with E-state index in [2.05, 4.69) is 193 Å². The van der Waals surface area contributed by atoms with Gasteiger partial charge >= 0.3 is 0 Å². The summed E-state index contributed by atoms with van der Waals surface area (Å²) < 4.78 is 15.6. The molecule has 10 aromatic carbocycles. The Kier molecular flexibility index (Phi) is 7.78. The Bertz CT molecular complexity index is 3900. The van der Waals surface area contributed by atoms with Gasteiger partial charge in [0.1, 0.15) is 22.3 Å². The Morgan fingerprint density at radius 3 is 1.76 bits per heavy atom. The van der Waals surface area contributed by atoms with Gasteiger partial charge in [0.15, 0.2) is 0 Å². The zero-order valence-corrected chi connectivity index (χ0v) is 34.2. The van der Waals surface area contributed by atoms with Crippen LogP contribution >= 0.6 is 11.3 Å². The molecular weight excluding hydrogens is 775 g/mol. The normalized spacial score (nSPS) is 11.9. The zero-order chi connectivity index (χ0) is 40.7. The summed E-state index contributed by atoms with van der Waals surface area (Å²) in [5.74, 6) is 0. The Morgan fingerprint density at radius 2 is 0.919 bits per heavy atom. The van der Waals surface area contributed by atoms with Gasteiger partial charge in [0.05, 0.1) is 11.4 Å². The minimum atomic E-state index is 0.841. The van der Waals surface area contributed by atoms with Gasteiger partial charge in [-0.2, -0.15) is 0 Å². The Balaban J connectivity index is 1.12. The van der Waals surface area contributed by atoms with Crippen LogP contribution in [0.15, 0.2) is 221 Å². The highest BCUT2D eigenvalue weighted by molar-refractivity contribution is 7.25. The molecule has 0 saturated heterocycles. The molecule has 0 spiro atoms. The van der Waals surface area contributed by atoms with Gasteiger partial charge in [-0.15, -0.1) is 11.3 Å².